The summed E-state index contributed by atoms with van der Waals surface area (Å²) in [6, 6.07) is 5.42. The van der Waals surface area contributed by atoms with Crippen molar-refractivity contribution in [2.45, 2.75) is 31.8 Å². The van der Waals surface area contributed by atoms with Crippen molar-refractivity contribution >= 4 is 5.97 Å². The van der Waals surface area contributed by atoms with Crippen LogP contribution in [-0.2, 0) is 4.79 Å². The minimum absolute atomic E-state index is 0.346. The minimum Gasteiger partial charge on any atom is -0.481 e. The van der Waals surface area contributed by atoms with E-state index in [-0.39, 0.29) is 5.82 Å². The van der Waals surface area contributed by atoms with Crippen LogP contribution in [0.5, 0.6) is 0 Å². The van der Waals surface area contributed by atoms with E-state index >= 15 is 0 Å². The molecule has 2 N–H and O–H groups in total. The van der Waals surface area contributed by atoms with Gasteiger partial charge in [0.2, 0.25) is 0 Å². The number of rotatable bonds is 5. The van der Waals surface area contributed by atoms with Gasteiger partial charge in [-0.15, -0.1) is 0 Å². The van der Waals surface area contributed by atoms with Crippen LogP contribution in [0.1, 0.15) is 31.2 Å². The topological polar surface area (TPSA) is 57.5 Å². The summed E-state index contributed by atoms with van der Waals surface area (Å²) in [4.78, 5) is 11.0. The molecular weight excluding hydrogens is 211 g/mol. The molecule has 1 aromatic carbocycles. The Balaban J connectivity index is 2.77. The van der Waals surface area contributed by atoms with E-state index in [2.05, 4.69) is 0 Å². The summed E-state index contributed by atoms with van der Waals surface area (Å²) in [5.41, 5.74) is 0.564. The number of hydrogen-bond donors (Lipinski definition) is 2. The predicted octanol–water partition coefficient (Wildman–Crippen LogP) is 2.15. The first kappa shape index (κ1) is 12.6. The maximum absolute atomic E-state index is 12.7. The van der Waals surface area contributed by atoms with Crippen LogP contribution < -0.4 is 0 Å². The number of benzene rings is 1. The number of aliphatic hydroxyl groups is 1. The van der Waals surface area contributed by atoms with E-state index in [0.29, 0.717) is 18.4 Å². The van der Waals surface area contributed by atoms with Crippen molar-refractivity contribution < 1.29 is 19.4 Å². The number of hydrogen-bond acceptors (Lipinski definition) is 2. The molecule has 0 aromatic heterocycles. The van der Waals surface area contributed by atoms with Gasteiger partial charge in [-0.3, -0.25) is 4.79 Å². The van der Waals surface area contributed by atoms with Crippen molar-refractivity contribution in [3.8, 4) is 0 Å². The van der Waals surface area contributed by atoms with Crippen LogP contribution in [0.2, 0.25) is 0 Å². The summed E-state index contributed by atoms with van der Waals surface area (Å²) in [5, 5.41) is 18.2. The van der Waals surface area contributed by atoms with Crippen LogP contribution in [0.25, 0.3) is 0 Å². The number of carboxylic acids is 1. The molecule has 0 saturated carbocycles. The van der Waals surface area contributed by atoms with E-state index in [4.69, 9.17) is 10.2 Å². The van der Waals surface area contributed by atoms with Gasteiger partial charge >= 0.3 is 5.97 Å². The molecule has 0 aliphatic rings. The molecular formula is C12H15FO3. The smallest absolute Gasteiger partial charge is 0.310 e. The number of aliphatic hydroxyl groups excluding tert-OH is 1. The zero-order chi connectivity index (χ0) is 12.1. The standard InChI is InChI=1S/C12H15FO3/c1-8(14)2-7-11(12(15)16)9-3-5-10(13)6-4-9/h3-6,8,11,14H,2,7H2,1H3,(H,15,16). The Labute approximate surface area is 93.5 Å². The quantitative estimate of drug-likeness (QED) is 0.808. The van der Waals surface area contributed by atoms with E-state index in [1.54, 1.807) is 6.92 Å². The zero-order valence-corrected chi connectivity index (χ0v) is 9.06. The molecule has 0 bridgehead atoms. The lowest BCUT2D eigenvalue weighted by Crippen LogP contribution is -2.14. The van der Waals surface area contributed by atoms with Gasteiger partial charge in [0.15, 0.2) is 0 Å². The van der Waals surface area contributed by atoms with E-state index in [9.17, 15) is 9.18 Å². The molecule has 0 radical (unpaired) electrons. The molecule has 0 spiro atoms. The van der Waals surface area contributed by atoms with Crippen LogP contribution in [0.3, 0.4) is 0 Å². The molecule has 2 unspecified atom stereocenters. The summed E-state index contributed by atoms with van der Waals surface area (Å²) >= 11 is 0. The third-order valence-electron chi connectivity index (χ3n) is 2.44. The van der Waals surface area contributed by atoms with Crippen LogP contribution in [0.4, 0.5) is 4.39 Å². The van der Waals surface area contributed by atoms with Crippen molar-refractivity contribution in [2.24, 2.45) is 0 Å². The number of carboxylic acid groups (broad SMARTS) is 1. The highest BCUT2D eigenvalue weighted by atomic mass is 19.1. The molecule has 0 aliphatic carbocycles. The molecule has 4 heteroatoms. The lowest BCUT2D eigenvalue weighted by Gasteiger charge is -2.13. The number of aliphatic carboxylic acids is 1. The summed E-state index contributed by atoms with van der Waals surface area (Å²) in [6.45, 7) is 1.61. The fraction of sp³-hybridized carbons (Fsp3) is 0.417. The summed E-state index contributed by atoms with van der Waals surface area (Å²) in [7, 11) is 0. The normalized spacial score (nSPS) is 14.4. The van der Waals surface area contributed by atoms with Crippen LogP contribution in [0, 0.1) is 5.82 Å². The first-order chi connectivity index (χ1) is 7.50. The van der Waals surface area contributed by atoms with Gasteiger partial charge in [-0.2, -0.15) is 0 Å². The lowest BCUT2D eigenvalue weighted by molar-refractivity contribution is -0.139. The molecule has 1 rings (SSSR count). The molecule has 88 valence electrons. The molecule has 0 heterocycles. The van der Waals surface area contributed by atoms with E-state index < -0.39 is 18.0 Å². The SMILES string of the molecule is CC(O)CCC(C(=O)O)c1ccc(F)cc1. The molecule has 3 nitrogen and oxygen atoms in total. The van der Waals surface area contributed by atoms with Crippen molar-refractivity contribution in [2.75, 3.05) is 0 Å². The molecule has 0 fully saturated rings. The highest BCUT2D eigenvalue weighted by Gasteiger charge is 2.20. The highest BCUT2D eigenvalue weighted by Crippen LogP contribution is 2.22. The lowest BCUT2D eigenvalue weighted by atomic mass is 9.93. The van der Waals surface area contributed by atoms with Gasteiger partial charge in [-0.1, -0.05) is 12.1 Å². The van der Waals surface area contributed by atoms with E-state index in [1.165, 1.54) is 24.3 Å². The van der Waals surface area contributed by atoms with Gasteiger partial charge in [-0.05, 0) is 37.5 Å². The Morgan fingerprint density at radius 1 is 1.31 bits per heavy atom. The minimum atomic E-state index is -0.952. The molecule has 2 atom stereocenters. The van der Waals surface area contributed by atoms with Crippen LogP contribution in [-0.4, -0.2) is 22.3 Å². The Bertz CT molecular complexity index is 346. The first-order valence-electron chi connectivity index (χ1n) is 5.17. The van der Waals surface area contributed by atoms with Crippen molar-refractivity contribution in [1.82, 2.24) is 0 Å². The Hall–Kier alpha value is -1.42. The first-order valence-corrected chi connectivity index (χ1v) is 5.17. The second-order valence-corrected chi connectivity index (χ2v) is 3.87. The average molecular weight is 226 g/mol. The average Bonchev–Trinajstić information content (AvgIpc) is 2.20. The van der Waals surface area contributed by atoms with Crippen molar-refractivity contribution in [1.29, 1.82) is 0 Å². The number of halogens is 1. The third kappa shape index (κ3) is 3.62. The second kappa shape index (κ2) is 5.61. The molecule has 0 saturated heterocycles. The molecule has 16 heavy (non-hydrogen) atoms. The van der Waals surface area contributed by atoms with Gasteiger partial charge < -0.3 is 10.2 Å². The van der Waals surface area contributed by atoms with Gasteiger partial charge in [0.1, 0.15) is 5.82 Å². The van der Waals surface area contributed by atoms with Crippen molar-refractivity contribution in [3.63, 3.8) is 0 Å². The fourth-order valence-corrected chi connectivity index (χ4v) is 1.54. The van der Waals surface area contributed by atoms with E-state index in [1.807, 2.05) is 0 Å². The van der Waals surface area contributed by atoms with Crippen molar-refractivity contribution in [3.05, 3.63) is 35.6 Å². The second-order valence-electron chi connectivity index (χ2n) is 3.87. The predicted molar refractivity (Wildman–Crippen MR) is 57.7 cm³/mol. The summed E-state index contributed by atoms with van der Waals surface area (Å²) in [5.74, 6) is -2.02. The van der Waals surface area contributed by atoms with Gasteiger partial charge in [0.05, 0.1) is 12.0 Å². The highest BCUT2D eigenvalue weighted by molar-refractivity contribution is 5.75. The van der Waals surface area contributed by atoms with Gasteiger partial charge in [-0.25, -0.2) is 4.39 Å². The maximum atomic E-state index is 12.7. The molecule has 1 aromatic rings. The van der Waals surface area contributed by atoms with Gasteiger partial charge in [0.25, 0.3) is 0 Å². The largest absolute Gasteiger partial charge is 0.481 e. The monoisotopic (exact) mass is 226 g/mol. The Morgan fingerprint density at radius 2 is 1.88 bits per heavy atom. The summed E-state index contributed by atoms with van der Waals surface area (Å²) < 4.78 is 12.7. The molecule has 0 aliphatic heterocycles. The number of carbonyl (C=O) groups is 1. The van der Waals surface area contributed by atoms with E-state index in [0.717, 1.165) is 0 Å². The Morgan fingerprint density at radius 3 is 2.31 bits per heavy atom. The zero-order valence-electron chi connectivity index (χ0n) is 9.06. The van der Waals surface area contributed by atoms with Crippen LogP contribution >= 0.6 is 0 Å². The maximum Gasteiger partial charge on any atom is 0.310 e. The molecule has 0 amide bonds. The third-order valence-corrected chi connectivity index (χ3v) is 2.44. The van der Waals surface area contributed by atoms with Crippen LogP contribution in [0.15, 0.2) is 24.3 Å². The Kier molecular flexibility index (Phi) is 4.43. The van der Waals surface area contributed by atoms with Gasteiger partial charge in [0, 0.05) is 0 Å². The summed E-state index contributed by atoms with van der Waals surface area (Å²) in [6.07, 6.45) is 0.231. The fourth-order valence-electron chi connectivity index (χ4n) is 1.54.